The van der Waals surface area contributed by atoms with E-state index in [1.54, 1.807) is 0 Å². The van der Waals surface area contributed by atoms with Crippen molar-refractivity contribution in [2.24, 2.45) is 0 Å². The molecule has 1 aromatic heterocycles. The fraction of sp³-hybridized carbons (Fsp3) is 0.714. The summed E-state index contributed by atoms with van der Waals surface area (Å²) in [5, 5.41) is 0. The molecule has 0 aliphatic carbocycles. The van der Waals surface area contributed by atoms with Gasteiger partial charge in [0.15, 0.2) is 5.82 Å². The van der Waals surface area contributed by atoms with Gasteiger partial charge in [-0.05, 0) is 26.7 Å². The van der Waals surface area contributed by atoms with Crippen LogP contribution in [0.15, 0.2) is 6.07 Å². The van der Waals surface area contributed by atoms with Gasteiger partial charge in [0.1, 0.15) is 18.2 Å². The van der Waals surface area contributed by atoms with Crippen molar-refractivity contribution in [2.45, 2.75) is 39.4 Å². The molecule has 1 aromatic rings. The van der Waals surface area contributed by atoms with Gasteiger partial charge < -0.3 is 20.1 Å². The van der Waals surface area contributed by atoms with E-state index in [0.29, 0.717) is 31.0 Å². The van der Waals surface area contributed by atoms with E-state index in [-0.39, 0.29) is 0 Å². The summed E-state index contributed by atoms with van der Waals surface area (Å²) < 4.78 is 11.0. The lowest BCUT2D eigenvalue weighted by Gasteiger charge is -2.32. The predicted octanol–water partition coefficient (Wildman–Crippen LogP) is 1.60. The zero-order valence-electron chi connectivity index (χ0n) is 12.3. The molecule has 112 valence electrons. The minimum absolute atomic E-state index is 0.373. The quantitative estimate of drug-likeness (QED) is 0.853. The molecule has 0 radical (unpaired) electrons. The Hall–Kier alpha value is -1.40. The Morgan fingerprint density at radius 3 is 2.65 bits per heavy atom. The minimum Gasteiger partial charge on any atom is -0.384 e. The van der Waals surface area contributed by atoms with Crippen LogP contribution in [0.3, 0.4) is 0 Å². The van der Waals surface area contributed by atoms with E-state index in [0.717, 1.165) is 38.4 Å². The largest absolute Gasteiger partial charge is 0.384 e. The maximum Gasteiger partial charge on any atom is 0.158 e. The summed E-state index contributed by atoms with van der Waals surface area (Å²) in [6.07, 6.45) is 2.43. The van der Waals surface area contributed by atoms with Crippen LogP contribution < -0.4 is 10.6 Å². The summed E-state index contributed by atoms with van der Waals surface area (Å²) >= 11 is 0. The van der Waals surface area contributed by atoms with Gasteiger partial charge in [-0.15, -0.1) is 0 Å². The molecule has 0 aromatic carbocycles. The van der Waals surface area contributed by atoms with Crippen molar-refractivity contribution in [1.29, 1.82) is 0 Å². The van der Waals surface area contributed by atoms with E-state index in [9.17, 15) is 0 Å². The predicted molar refractivity (Wildman–Crippen MR) is 78.6 cm³/mol. The molecule has 1 fully saturated rings. The Labute approximate surface area is 120 Å². The van der Waals surface area contributed by atoms with Gasteiger partial charge in [-0.1, -0.05) is 0 Å². The van der Waals surface area contributed by atoms with Crippen molar-refractivity contribution in [1.82, 2.24) is 9.97 Å². The number of nitrogens with zero attached hydrogens (tertiary/aromatic N) is 3. The zero-order chi connectivity index (χ0) is 14.4. The normalized spacial score (nSPS) is 16.6. The highest BCUT2D eigenvalue weighted by Crippen LogP contribution is 2.21. The van der Waals surface area contributed by atoms with Crippen molar-refractivity contribution in [3.63, 3.8) is 0 Å². The fourth-order valence-electron chi connectivity index (χ4n) is 2.41. The minimum atomic E-state index is 0.373. The number of ether oxygens (including phenoxy) is 2. The molecule has 0 bridgehead atoms. The van der Waals surface area contributed by atoms with Gasteiger partial charge in [0.25, 0.3) is 0 Å². The lowest BCUT2D eigenvalue weighted by molar-refractivity contribution is 0.0458. The SMILES string of the molecule is CCOCc1nc(N)cc(N2CCC(OCC)CC2)n1. The number of anilines is 2. The van der Waals surface area contributed by atoms with E-state index < -0.39 is 0 Å². The summed E-state index contributed by atoms with van der Waals surface area (Å²) in [5.41, 5.74) is 5.85. The third-order valence-electron chi connectivity index (χ3n) is 3.38. The van der Waals surface area contributed by atoms with E-state index >= 15 is 0 Å². The number of hydrogen-bond acceptors (Lipinski definition) is 6. The van der Waals surface area contributed by atoms with E-state index in [2.05, 4.69) is 14.9 Å². The second kappa shape index (κ2) is 7.40. The van der Waals surface area contributed by atoms with Gasteiger partial charge in [0.2, 0.25) is 0 Å². The lowest BCUT2D eigenvalue weighted by Crippen LogP contribution is -2.37. The molecule has 2 rings (SSSR count). The number of nitrogen functional groups attached to an aromatic ring is 1. The Balaban J connectivity index is 2.00. The highest BCUT2D eigenvalue weighted by Gasteiger charge is 2.21. The Morgan fingerprint density at radius 2 is 2.00 bits per heavy atom. The van der Waals surface area contributed by atoms with Crippen LogP contribution >= 0.6 is 0 Å². The van der Waals surface area contributed by atoms with E-state index in [1.807, 2.05) is 19.9 Å². The average Bonchev–Trinajstić information content (AvgIpc) is 2.46. The van der Waals surface area contributed by atoms with Gasteiger partial charge in [0.05, 0.1) is 6.10 Å². The molecule has 0 amide bonds. The van der Waals surface area contributed by atoms with E-state index in [1.165, 1.54) is 0 Å². The van der Waals surface area contributed by atoms with Crippen molar-refractivity contribution >= 4 is 11.6 Å². The van der Waals surface area contributed by atoms with Gasteiger partial charge in [-0.3, -0.25) is 0 Å². The molecule has 1 aliphatic rings. The Morgan fingerprint density at radius 1 is 1.25 bits per heavy atom. The maximum atomic E-state index is 5.85. The van der Waals surface area contributed by atoms with Gasteiger partial charge in [0, 0.05) is 32.4 Å². The Kier molecular flexibility index (Phi) is 5.55. The second-order valence-electron chi connectivity index (χ2n) is 4.85. The van der Waals surface area contributed by atoms with Crippen LogP contribution in [-0.4, -0.2) is 42.4 Å². The summed E-state index contributed by atoms with van der Waals surface area (Å²) in [4.78, 5) is 11.0. The van der Waals surface area contributed by atoms with Crippen LogP contribution in [-0.2, 0) is 16.1 Å². The molecule has 1 saturated heterocycles. The number of hydrogen-bond donors (Lipinski definition) is 1. The highest BCUT2D eigenvalue weighted by molar-refractivity contribution is 5.47. The molecular formula is C14H24N4O2. The summed E-state index contributed by atoms with van der Waals surface area (Å²) in [7, 11) is 0. The lowest BCUT2D eigenvalue weighted by atomic mass is 10.1. The van der Waals surface area contributed by atoms with Crippen LogP contribution in [0.5, 0.6) is 0 Å². The molecular weight excluding hydrogens is 256 g/mol. The highest BCUT2D eigenvalue weighted by atomic mass is 16.5. The molecule has 0 spiro atoms. The van der Waals surface area contributed by atoms with Crippen molar-refractivity contribution in [2.75, 3.05) is 36.9 Å². The monoisotopic (exact) mass is 280 g/mol. The second-order valence-corrected chi connectivity index (χ2v) is 4.85. The molecule has 0 unspecified atom stereocenters. The zero-order valence-corrected chi connectivity index (χ0v) is 12.3. The summed E-state index contributed by atoms with van der Waals surface area (Å²) in [6, 6.07) is 1.83. The van der Waals surface area contributed by atoms with Crippen molar-refractivity contribution in [3.8, 4) is 0 Å². The molecule has 2 N–H and O–H groups in total. The topological polar surface area (TPSA) is 73.5 Å². The third kappa shape index (κ3) is 4.05. The Bertz CT molecular complexity index is 420. The van der Waals surface area contributed by atoms with E-state index in [4.69, 9.17) is 15.2 Å². The fourth-order valence-corrected chi connectivity index (χ4v) is 2.41. The van der Waals surface area contributed by atoms with Gasteiger partial charge >= 0.3 is 0 Å². The maximum absolute atomic E-state index is 5.85. The van der Waals surface area contributed by atoms with Gasteiger partial charge in [-0.25, -0.2) is 9.97 Å². The standard InChI is InChI=1S/C14H24N4O2/c1-3-19-10-13-16-12(15)9-14(17-13)18-7-5-11(6-8-18)20-4-2/h9,11H,3-8,10H2,1-2H3,(H2,15,16,17). The number of nitrogens with two attached hydrogens (primary N) is 1. The molecule has 2 heterocycles. The summed E-state index contributed by atoms with van der Waals surface area (Å²) in [6.45, 7) is 7.70. The molecule has 1 aliphatic heterocycles. The van der Waals surface area contributed by atoms with Crippen LogP contribution in [0.25, 0.3) is 0 Å². The first-order chi connectivity index (χ1) is 9.72. The first-order valence-corrected chi connectivity index (χ1v) is 7.30. The van der Waals surface area contributed by atoms with Crippen molar-refractivity contribution in [3.05, 3.63) is 11.9 Å². The first-order valence-electron chi connectivity index (χ1n) is 7.30. The first kappa shape index (κ1) is 15.0. The summed E-state index contributed by atoms with van der Waals surface area (Å²) in [5.74, 6) is 2.03. The number of piperidine rings is 1. The number of rotatable bonds is 6. The van der Waals surface area contributed by atoms with Crippen molar-refractivity contribution < 1.29 is 9.47 Å². The molecule has 0 saturated carbocycles. The molecule has 6 nitrogen and oxygen atoms in total. The molecule has 20 heavy (non-hydrogen) atoms. The number of aromatic nitrogens is 2. The third-order valence-corrected chi connectivity index (χ3v) is 3.38. The molecule has 0 atom stereocenters. The van der Waals surface area contributed by atoms with Gasteiger partial charge in [-0.2, -0.15) is 0 Å². The average molecular weight is 280 g/mol. The van der Waals surface area contributed by atoms with Crippen LogP contribution in [0.2, 0.25) is 0 Å². The smallest absolute Gasteiger partial charge is 0.158 e. The molecule has 6 heteroatoms. The van der Waals surface area contributed by atoms with Crippen LogP contribution in [0.4, 0.5) is 11.6 Å². The van der Waals surface area contributed by atoms with Crippen LogP contribution in [0.1, 0.15) is 32.5 Å². The van der Waals surface area contributed by atoms with Crippen LogP contribution in [0, 0.1) is 0 Å².